The summed E-state index contributed by atoms with van der Waals surface area (Å²) >= 11 is 0. The molecule has 1 aromatic rings. The van der Waals surface area contributed by atoms with E-state index in [1.165, 1.54) is 5.57 Å². The molecule has 0 unspecified atom stereocenters. The highest BCUT2D eigenvalue weighted by atomic mass is 16.3. The van der Waals surface area contributed by atoms with Crippen LogP contribution < -0.4 is 10.6 Å². The Labute approximate surface area is 141 Å². The Kier molecular flexibility index (Phi) is 5.99. The first kappa shape index (κ1) is 17.6. The first-order valence-electron chi connectivity index (χ1n) is 7.82. The molecule has 2 amide bonds. The van der Waals surface area contributed by atoms with Gasteiger partial charge in [-0.2, -0.15) is 5.10 Å². The van der Waals surface area contributed by atoms with Crippen LogP contribution in [-0.4, -0.2) is 33.6 Å². The van der Waals surface area contributed by atoms with Crippen molar-refractivity contribution in [2.75, 3.05) is 11.9 Å². The molecule has 0 bridgehead atoms. The van der Waals surface area contributed by atoms with Crippen LogP contribution in [0.15, 0.2) is 35.9 Å². The quantitative estimate of drug-likeness (QED) is 0.727. The van der Waals surface area contributed by atoms with Crippen molar-refractivity contribution in [1.29, 1.82) is 0 Å². The molecule has 0 fully saturated rings. The van der Waals surface area contributed by atoms with E-state index in [2.05, 4.69) is 21.7 Å². The summed E-state index contributed by atoms with van der Waals surface area (Å²) < 4.78 is 1.65. The van der Waals surface area contributed by atoms with Crippen molar-refractivity contribution in [1.82, 2.24) is 15.1 Å². The van der Waals surface area contributed by atoms with Crippen LogP contribution in [0.3, 0.4) is 0 Å². The van der Waals surface area contributed by atoms with Crippen LogP contribution in [0.2, 0.25) is 0 Å². The van der Waals surface area contributed by atoms with E-state index in [1.54, 1.807) is 10.7 Å². The normalized spacial score (nSPS) is 14.9. The summed E-state index contributed by atoms with van der Waals surface area (Å²) in [6.45, 7) is 3.88. The van der Waals surface area contributed by atoms with Gasteiger partial charge in [0.25, 0.3) is 0 Å². The highest BCUT2D eigenvalue weighted by Crippen LogP contribution is 2.23. The number of aromatic nitrogens is 2. The van der Waals surface area contributed by atoms with Crippen LogP contribution in [0.5, 0.6) is 0 Å². The highest BCUT2D eigenvalue weighted by molar-refractivity contribution is 5.89. The van der Waals surface area contributed by atoms with Crippen molar-refractivity contribution in [3.63, 3.8) is 0 Å². The second kappa shape index (κ2) is 8.18. The molecule has 6 heteroatoms. The standard InChI is InChI=1S/C18H22N4O2/c1-4-15-12-17(20-18(24)19-14(3)9-10-23)22(21-15)16-8-6-5-7-13(2)11-16/h1,5-8,12,14,23H,9-11H2,2-3H3,(H2,19,20,24)/t14-/m1/s1. The minimum atomic E-state index is -0.363. The fraction of sp³-hybridized carbons (Fsp3) is 0.333. The fourth-order valence-corrected chi connectivity index (χ4v) is 2.34. The zero-order valence-electron chi connectivity index (χ0n) is 13.9. The van der Waals surface area contributed by atoms with Crippen molar-refractivity contribution in [3.8, 4) is 12.3 Å². The van der Waals surface area contributed by atoms with Crippen LogP contribution in [0, 0.1) is 12.3 Å². The predicted octanol–water partition coefficient (Wildman–Crippen LogP) is 2.50. The average Bonchev–Trinajstić information content (AvgIpc) is 2.80. The Hall–Kier alpha value is -2.78. The van der Waals surface area contributed by atoms with Gasteiger partial charge in [-0.25, -0.2) is 9.48 Å². The summed E-state index contributed by atoms with van der Waals surface area (Å²) in [5.41, 5.74) is 2.54. The maximum Gasteiger partial charge on any atom is 0.320 e. The van der Waals surface area contributed by atoms with Gasteiger partial charge in [-0.3, -0.25) is 5.32 Å². The van der Waals surface area contributed by atoms with Gasteiger partial charge in [0.05, 0.1) is 0 Å². The molecule has 0 aromatic carbocycles. The Morgan fingerprint density at radius 3 is 2.96 bits per heavy atom. The van der Waals surface area contributed by atoms with Gasteiger partial charge in [-0.1, -0.05) is 23.8 Å². The molecule has 6 nitrogen and oxygen atoms in total. The maximum absolute atomic E-state index is 12.1. The van der Waals surface area contributed by atoms with Crippen LogP contribution in [0.25, 0.3) is 5.70 Å². The Balaban J connectivity index is 2.21. The molecule has 0 radical (unpaired) electrons. The number of hydrogen-bond acceptors (Lipinski definition) is 3. The van der Waals surface area contributed by atoms with Crippen molar-refractivity contribution in [2.24, 2.45) is 0 Å². The van der Waals surface area contributed by atoms with E-state index in [4.69, 9.17) is 11.5 Å². The molecule has 126 valence electrons. The fourth-order valence-electron chi connectivity index (χ4n) is 2.34. The van der Waals surface area contributed by atoms with Crippen molar-refractivity contribution >= 4 is 17.5 Å². The number of nitrogens with zero attached hydrogens (tertiary/aromatic N) is 2. The monoisotopic (exact) mass is 326 g/mol. The van der Waals surface area contributed by atoms with Gasteiger partial charge in [0.1, 0.15) is 11.5 Å². The van der Waals surface area contributed by atoms with Crippen LogP contribution in [0.4, 0.5) is 10.6 Å². The molecule has 1 atom stereocenters. The maximum atomic E-state index is 12.1. The lowest BCUT2D eigenvalue weighted by molar-refractivity contribution is 0.241. The smallest absolute Gasteiger partial charge is 0.320 e. The van der Waals surface area contributed by atoms with Crippen LogP contribution >= 0.6 is 0 Å². The number of hydrogen-bond donors (Lipinski definition) is 3. The lowest BCUT2D eigenvalue weighted by Crippen LogP contribution is -2.37. The Morgan fingerprint density at radius 1 is 1.50 bits per heavy atom. The Bertz CT molecular complexity index is 735. The molecule has 0 saturated heterocycles. The number of nitrogens with one attached hydrogen (secondary N) is 2. The summed E-state index contributed by atoms with van der Waals surface area (Å²) in [4.78, 5) is 12.1. The molecule has 1 heterocycles. The van der Waals surface area contributed by atoms with E-state index < -0.39 is 0 Å². The molecule has 1 aromatic heterocycles. The van der Waals surface area contributed by atoms with E-state index in [-0.39, 0.29) is 18.7 Å². The van der Waals surface area contributed by atoms with Crippen LogP contribution in [-0.2, 0) is 0 Å². The first-order valence-corrected chi connectivity index (χ1v) is 7.82. The number of aliphatic hydroxyl groups excluding tert-OH is 1. The predicted molar refractivity (Wildman–Crippen MR) is 95.3 cm³/mol. The summed E-state index contributed by atoms with van der Waals surface area (Å²) in [6, 6.07) is 1.16. The average molecular weight is 326 g/mol. The zero-order chi connectivity index (χ0) is 17.5. The van der Waals surface area contributed by atoms with Gasteiger partial charge < -0.3 is 10.4 Å². The minimum Gasteiger partial charge on any atom is -0.396 e. The second-order valence-corrected chi connectivity index (χ2v) is 5.72. The molecule has 2 rings (SSSR count). The third kappa shape index (κ3) is 4.61. The number of carbonyl (C=O) groups excluding carboxylic acids is 1. The SMILES string of the molecule is C#Cc1cc(NC(=O)N[C@H](C)CCO)n(C2=CC=CC=C(C)C2)n1. The van der Waals surface area contributed by atoms with Gasteiger partial charge in [-0.05, 0) is 32.3 Å². The molecule has 1 aliphatic carbocycles. The van der Waals surface area contributed by atoms with Gasteiger partial charge in [0, 0.05) is 30.8 Å². The van der Waals surface area contributed by atoms with E-state index in [9.17, 15) is 4.79 Å². The van der Waals surface area contributed by atoms with Gasteiger partial charge in [-0.15, -0.1) is 6.42 Å². The van der Waals surface area contributed by atoms with E-state index in [0.29, 0.717) is 24.4 Å². The van der Waals surface area contributed by atoms with Gasteiger partial charge in [0.2, 0.25) is 0 Å². The summed E-state index contributed by atoms with van der Waals surface area (Å²) in [6.07, 6.45) is 14.5. The van der Waals surface area contributed by atoms with Gasteiger partial charge >= 0.3 is 6.03 Å². The lowest BCUT2D eigenvalue weighted by atomic mass is 10.2. The Morgan fingerprint density at radius 2 is 2.25 bits per heavy atom. The number of urea groups is 1. The lowest BCUT2D eigenvalue weighted by Gasteiger charge is -2.15. The number of terminal acetylenes is 1. The molecular weight excluding hydrogens is 304 g/mol. The summed E-state index contributed by atoms with van der Waals surface area (Å²) in [5, 5.41) is 18.8. The molecule has 24 heavy (non-hydrogen) atoms. The zero-order valence-corrected chi connectivity index (χ0v) is 13.9. The van der Waals surface area contributed by atoms with Crippen LogP contribution in [0.1, 0.15) is 32.4 Å². The van der Waals surface area contributed by atoms with E-state index in [0.717, 1.165) is 5.70 Å². The third-order valence-electron chi connectivity index (χ3n) is 3.55. The number of carbonyl (C=O) groups is 1. The number of allylic oxidation sites excluding steroid dienone is 6. The summed E-state index contributed by atoms with van der Waals surface area (Å²) in [5.74, 6) is 3.00. The largest absolute Gasteiger partial charge is 0.396 e. The number of rotatable bonds is 5. The molecule has 0 aliphatic heterocycles. The third-order valence-corrected chi connectivity index (χ3v) is 3.55. The molecule has 1 aliphatic rings. The second-order valence-electron chi connectivity index (χ2n) is 5.72. The van der Waals surface area contributed by atoms with Crippen molar-refractivity contribution in [3.05, 3.63) is 41.6 Å². The van der Waals surface area contributed by atoms with Gasteiger partial charge in [0.15, 0.2) is 0 Å². The van der Waals surface area contributed by atoms with Crippen molar-refractivity contribution < 1.29 is 9.90 Å². The first-order chi connectivity index (χ1) is 11.5. The number of aliphatic hydroxyl groups is 1. The number of anilines is 1. The topological polar surface area (TPSA) is 79.2 Å². The molecular formula is C18H22N4O2. The summed E-state index contributed by atoms with van der Waals surface area (Å²) in [7, 11) is 0. The van der Waals surface area contributed by atoms with E-state index >= 15 is 0 Å². The molecule has 0 spiro atoms. The highest BCUT2D eigenvalue weighted by Gasteiger charge is 2.15. The minimum absolute atomic E-state index is 0.0193. The number of amides is 2. The molecule has 3 N–H and O–H groups in total. The van der Waals surface area contributed by atoms with E-state index in [1.807, 2.05) is 38.2 Å². The molecule has 0 saturated carbocycles. The van der Waals surface area contributed by atoms with Crippen molar-refractivity contribution in [2.45, 2.75) is 32.7 Å².